The van der Waals surface area contributed by atoms with Crippen molar-refractivity contribution in [3.05, 3.63) is 59.7 Å². The second-order valence-corrected chi connectivity index (χ2v) is 8.23. The number of carboxylic acid groups (broad SMARTS) is 1. The van der Waals surface area contributed by atoms with Crippen LogP contribution >= 0.6 is 0 Å². The van der Waals surface area contributed by atoms with E-state index in [1.165, 1.54) is 23.1 Å². The first kappa shape index (κ1) is 18.5. The van der Waals surface area contributed by atoms with Crippen molar-refractivity contribution in [2.24, 2.45) is 23.7 Å². The van der Waals surface area contributed by atoms with Crippen LogP contribution in [0.25, 0.3) is 0 Å². The average molecular weight is 403 g/mol. The SMILES string of the molecule is O=C([O-])c1ccccc1C(=O)Nc1ccc(N2C(=O)[C@@H]3[C@@H]4CC[C@@H](C4)[C@@H]3C2=O)cc1. The van der Waals surface area contributed by atoms with Crippen molar-refractivity contribution in [3.63, 3.8) is 0 Å². The van der Waals surface area contributed by atoms with Crippen LogP contribution in [0.3, 0.4) is 0 Å². The van der Waals surface area contributed by atoms with Crippen molar-refractivity contribution in [3.8, 4) is 0 Å². The third kappa shape index (κ3) is 2.73. The van der Waals surface area contributed by atoms with Gasteiger partial charge >= 0.3 is 0 Å². The van der Waals surface area contributed by atoms with Crippen LogP contribution in [0.2, 0.25) is 0 Å². The van der Waals surface area contributed by atoms with Crippen molar-refractivity contribution in [1.82, 2.24) is 0 Å². The minimum atomic E-state index is -1.43. The molecule has 30 heavy (non-hydrogen) atoms. The van der Waals surface area contributed by atoms with Gasteiger partial charge in [-0.3, -0.25) is 19.3 Å². The maximum absolute atomic E-state index is 12.9. The van der Waals surface area contributed by atoms with Crippen LogP contribution in [-0.4, -0.2) is 23.7 Å². The van der Waals surface area contributed by atoms with Gasteiger partial charge in [-0.1, -0.05) is 18.2 Å². The van der Waals surface area contributed by atoms with Crippen LogP contribution in [0.1, 0.15) is 40.0 Å². The Labute approximate surface area is 172 Å². The number of hydrogen-bond acceptors (Lipinski definition) is 5. The maximum atomic E-state index is 12.9. The summed E-state index contributed by atoms with van der Waals surface area (Å²) >= 11 is 0. The van der Waals surface area contributed by atoms with Crippen molar-refractivity contribution in [2.45, 2.75) is 19.3 Å². The summed E-state index contributed by atoms with van der Waals surface area (Å²) in [5.41, 5.74) is 0.721. The molecule has 0 unspecified atom stereocenters. The molecule has 0 aromatic heterocycles. The Morgan fingerprint density at radius 1 is 0.867 bits per heavy atom. The van der Waals surface area contributed by atoms with Gasteiger partial charge in [0.25, 0.3) is 5.91 Å². The van der Waals surface area contributed by atoms with Gasteiger partial charge in [-0.25, -0.2) is 0 Å². The van der Waals surface area contributed by atoms with E-state index in [9.17, 15) is 24.3 Å². The second-order valence-electron chi connectivity index (χ2n) is 8.23. The number of anilines is 2. The van der Waals surface area contributed by atoms with Crippen LogP contribution in [0.5, 0.6) is 0 Å². The smallest absolute Gasteiger partial charge is 0.256 e. The predicted octanol–water partition coefficient (Wildman–Crippen LogP) is 1.84. The zero-order valence-electron chi connectivity index (χ0n) is 16.0. The van der Waals surface area contributed by atoms with E-state index in [1.54, 1.807) is 30.3 Å². The van der Waals surface area contributed by atoms with Gasteiger partial charge in [0.05, 0.1) is 23.5 Å². The molecule has 152 valence electrons. The molecule has 2 bridgehead atoms. The summed E-state index contributed by atoms with van der Waals surface area (Å²) in [7, 11) is 0. The molecule has 1 aliphatic heterocycles. The molecule has 2 saturated carbocycles. The molecule has 4 atom stereocenters. The summed E-state index contributed by atoms with van der Waals surface area (Å²) in [6.45, 7) is 0. The first-order chi connectivity index (χ1) is 14.5. The third-order valence-corrected chi connectivity index (χ3v) is 6.70. The maximum Gasteiger partial charge on any atom is 0.256 e. The summed E-state index contributed by atoms with van der Waals surface area (Å²) in [5.74, 6) is -1.96. The van der Waals surface area contributed by atoms with Gasteiger partial charge in [-0.15, -0.1) is 0 Å². The summed E-state index contributed by atoms with van der Waals surface area (Å²) in [6.07, 6.45) is 3.03. The van der Waals surface area contributed by atoms with Crippen LogP contribution in [0, 0.1) is 23.7 Å². The number of nitrogens with one attached hydrogen (secondary N) is 1. The lowest BCUT2D eigenvalue weighted by Gasteiger charge is -2.19. The minimum absolute atomic E-state index is 0.00484. The summed E-state index contributed by atoms with van der Waals surface area (Å²) < 4.78 is 0. The largest absolute Gasteiger partial charge is 0.545 e. The Morgan fingerprint density at radius 2 is 1.43 bits per heavy atom. The van der Waals surface area contributed by atoms with Crippen molar-refractivity contribution >= 4 is 35.1 Å². The van der Waals surface area contributed by atoms with Crippen molar-refractivity contribution in [1.29, 1.82) is 0 Å². The molecule has 1 N–H and O–H groups in total. The molecule has 2 aromatic carbocycles. The molecule has 1 saturated heterocycles. The fourth-order valence-corrected chi connectivity index (χ4v) is 5.41. The Bertz CT molecular complexity index is 1050. The Hall–Kier alpha value is -3.48. The average Bonchev–Trinajstić information content (AvgIpc) is 3.42. The van der Waals surface area contributed by atoms with E-state index in [-0.39, 0.29) is 34.8 Å². The highest BCUT2D eigenvalue weighted by atomic mass is 16.4. The summed E-state index contributed by atoms with van der Waals surface area (Å²) in [6, 6.07) is 12.2. The Morgan fingerprint density at radius 3 is 2.00 bits per heavy atom. The van der Waals surface area contributed by atoms with E-state index in [2.05, 4.69) is 5.32 Å². The third-order valence-electron chi connectivity index (χ3n) is 6.70. The highest BCUT2D eigenvalue weighted by molar-refractivity contribution is 6.22. The number of aromatic carboxylic acids is 1. The molecule has 1 heterocycles. The fraction of sp³-hybridized carbons (Fsp3) is 0.304. The monoisotopic (exact) mass is 403 g/mol. The zero-order valence-corrected chi connectivity index (χ0v) is 16.0. The summed E-state index contributed by atoms with van der Waals surface area (Å²) in [4.78, 5) is 50.8. The number of amides is 3. The normalized spacial score (nSPS) is 26.7. The van der Waals surface area contributed by atoms with Crippen LogP contribution in [0.4, 0.5) is 11.4 Å². The van der Waals surface area contributed by atoms with E-state index in [4.69, 9.17) is 0 Å². The molecular weight excluding hydrogens is 384 g/mol. The van der Waals surface area contributed by atoms with E-state index in [0.717, 1.165) is 19.3 Å². The number of imide groups is 1. The number of carboxylic acids is 1. The van der Waals surface area contributed by atoms with Crippen LogP contribution in [0.15, 0.2) is 48.5 Å². The quantitative estimate of drug-likeness (QED) is 0.784. The van der Waals surface area contributed by atoms with E-state index < -0.39 is 11.9 Å². The molecule has 5 rings (SSSR count). The number of nitrogens with zero attached hydrogens (tertiary/aromatic N) is 1. The first-order valence-corrected chi connectivity index (χ1v) is 10.1. The molecular formula is C23H19N2O5-. The van der Waals surface area contributed by atoms with E-state index in [1.807, 2.05) is 0 Å². The molecule has 2 aromatic rings. The molecule has 0 spiro atoms. The lowest BCUT2D eigenvalue weighted by atomic mass is 9.81. The molecule has 7 heteroatoms. The zero-order chi connectivity index (χ0) is 21.0. The number of carbonyl (C=O) groups excluding carboxylic acids is 4. The van der Waals surface area contributed by atoms with Gasteiger partial charge in [0.2, 0.25) is 11.8 Å². The standard InChI is InChI=1S/C23H20N2O5/c26-20(16-3-1-2-4-17(16)23(29)30)24-14-7-9-15(10-8-14)25-21(27)18-12-5-6-13(11-12)19(18)22(25)28/h1-4,7-10,12-13,18-19H,5-6,11H2,(H,24,26)(H,29,30)/p-1/t12-,13+,18-,19+. The number of fused-ring (bicyclic) bond motifs is 5. The highest BCUT2D eigenvalue weighted by Gasteiger charge is 2.61. The lowest BCUT2D eigenvalue weighted by molar-refractivity contribution is -0.255. The van der Waals surface area contributed by atoms with E-state index >= 15 is 0 Å². The number of rotatable bonds is 4. The Balaban J connectivity index is 1.34. The number of carbonyl (C=O) groups is 4. The van der Waals surface area contributed by atoms with Gasteiger partial charge in [-0.05, 0) is 61.4 Å². The highest BCUT2D eigenvalue weighted by Crippen LogP contribution is 2.56. The van der Waals surface area contributed by atoms with E-state index in [0.29, 0.717) is 23.2 Å². The predicted molar refractivity (Wildman–Crippen MR) is 105 cm³/mol. The lowest BCUT2D eigenvalue weighted by Crippen LogP contribution is -2.32. The minimum Gasteiger partial charge on any atom is -0.545 e. The van der Waals surface area contributed by atoms with Crippen LogP contribution < -0.4 is 15.3 Å². The fourth-order valence-electron chi connectivity index (χ4n) is 5.41. The van der Waals surface area contributed by atoms with Crippen LogP contribution in [-0.2, 0) is 9.59 Å². The van der Waals surface area contributed by atoms with Gasteiger partial charge in [0.1, 0.15) is 0 Å². The molecule has 0 radical (unpaired) electrons. The molecule has 7 nitrogen and oxygen atoms in total. The molecule has 2 aliphatic carbocycles. The van der Waals surface area contributed by atoms with Gasteiger partial charge in [0, 0.05) is 16.8 Å². The summed E-state index contributed by atoms with van der Waals surface area (Å²) in [5, 5.41) is 13.8. The number of benzene rings is 2. The van der Waals surface area contributed by atoms with Crippen molar-refractivity contribution < 1.29 is 24.3 Å². The molecule has 3 amide bonds. The van der Waals surface area contributed by atoms with Crippen molar-refractivity contribution in [2.75, 3.05) is 10.2 Å². The van der Waals surface area contributed by atoms with Gasteiger partial charge < -0.3 is 15.2 Å². The Kier molecular flexibility index (Phi) is 4.20. The topological polar surface area (TPSA) is 107 Å². The molecule has 3 fully saturated rings. The molecule has 3 aliphatic rings. The second kappa shape index (κ2) is 6.79. The first-order valence-electron chi connectivity index (χ1n) is 10.1. The van der Waals surface area contributed by atoms with Gasteiger partial charge in [-0.2, -0.15) is 0 Å². The number of hydrogen-bond donors (Lipinski definition) is 1. The van der Waals surface area contributed by atoms with Gasteiger partial charge in [0.15, 0.2) is 0 Å².